The van der Waals surface area contributed by atoms with Gasteiger partial charge in [-0.1, -0.05) is 92.8 Å². The monoisotopic (exact) mass is 482 g/mol. The van der Waals surface area contributed by atoms with E-state index in [1.54, 1.807) is 24.3 Å². The van der Waals surface area contributed by atoms with Crippen LogP contribution in [0.5, 0.6) is 0 Å². The maximum absolute atomic E-state index is 13.4. The lowest BCUT2D eigenvalue weighted by molar-refractivity contribution is -0.132. The van der Waals surface area contributed by atoms with Crippen molar-refractivity contribution < 1.29 is 14.7 Å². The van der Waals surface area contributed by atoms with Gasteiger partial charge < -0.3 is 5.11 Å². The van der Waals surface area contributed by atoms with E-state index in [9.17, 15) is 14.7 Å². The molecule has 6 heteroatoms. The molecule has 1 aliphatic heterocycles. The van der Waals surface area contributed by atoms with Crippen LogP contribution in [0.2, 0.25) is 0 Å². The second kappa shape index (κ2) is 8.47. The molecule has 1 amide bonds. The average Bonchev–Trinajstić information content (AvgIpc) is 3.36. The molecule has 35 heavy (non-hydrogen) atoms. The van der Waals surface area contributed by atoms with Gasteiger partial charge in [0.25, 0.3) is 5.78 Å². The van der Waals surface area contributed by atoms with Gasteiger partial charge in [0, 0.05) is 5.56 Å². The van der Waals surface area contributed by atoms with E-state index < -0.39 is 17.7 Å². The largest absolute Gasteiger partial charge is 0.507 e. The molecule has 0 unspecified atom stereocenters. The van der Waals surface area contributed by atoms with Crippen molar-refractivity contribution >= 4 is 44.1 Å². The Kier molecular flexibility index (Phi) is 5.56. The molecule has 1 fully saturated rings. The second-order valence-electron chi connectivity index (χ2n) is 9.87. The Bertz CT molecular complexity index is 1480. The molecule has 1 saturated heterocycles. The Balaban J connectivity index is 1.72. The number of hydrogen-bond donors (Lipinski definition) is 1. The van der Waals surface area contributed by atoms with E-state index in [1.807, 2.05) is 55.5 Å². The van der Waals surface area contributed by atoms with Gasteiger partial charge in [0.1, 0.15) is 5.76 Å². The van der Waals surface area contributed by atoms with E-state index >= 15 is 0 Å². The number of aliphatic hydroxyl groups is 1. The summed E-state index contributed by atoms with van der Waals surface area (Å²) >= 11 is 1.37. The van der Waals surface area contributed by atoms with Gasteiger partial charge in [-0.15, -0.1) is 0 Å². The molecule has 0 saturated carbocycles. The van der Waals surface area contributed by atoms with Gasteiger partial charge in [0.15, 0.2) is 5.13 Å². The molecule has 0 bridgehead atoms. The summed E-state index contributed by atoms with van der Waals surface area (Å²) < 4.78 is 0.937. The van der Waals surface area contributed by atoms with Crippen molar-refractivity contribution in [3.63, 3.8) is 0 Å². The lowest BCUT2D eigenvalue weighted by Gasteiger charge is -2.24. The predicted octanol–water partition coefficient (Wildman–Crippen LogP) is 6.53. The van der Waals surface area contributed by atoms with E-state index in [0.717, 1.165) is 26.9 Å². The summed E-state index contributed by atoms with van der Waals surface area (Å²) in [6.45, 7) is 8.40. The van der Waals surface area contributed by atoms with Crippen LogP contribution in [0, 0.1) is 6.92 Å². The number of Topliss-reactive ketones (excluding diaryl/α,β-unsaturated/α-hetero) is 1. The molecular weight excluding hydrogens is 456 g/mol. The molecule has 3 aromatic carbocycles. The second-order valence-corrected chi connectivity index (χ2v) is 10.9. The van der Waals surface area contributed by atoms with E-state index in [1.165, 1.54) is 16.2 Å². The van der Waals surface area contributed by atoms with Gasteiger partial charge in [-0.25, -0.2) is 4.98 Å². The van der Waals surface area contributed by atoms with Gasteiger partial charge in [-0.05, 0) is 41.2 Å². The van der Waals surface area contributed by atoms with Gasteiger partial charge in [-0.3, -0.25) is 14.5 Å². The molecular formula is C29H26N2O3S. The summed E-state index contributed by atoms with van der Waals surface area (Å²) in [6.07, 6.45) is 0. The molecule has 0 radical (unpaired) electrons. The molecule has 5 nitrogen and oxygen atoms in total. The molecule has 2 heterocycles. The third kappa shape index (κ3) is 4.04. The smallest absolute Gasteiger partial charge is 0.301 e. The summed E-state index contributed by atoms with van der Waals surface area (Å²) in [5, 5.41) is 11.7. The van der Waals surface area contributed by atoms with Crippen LogP contribution >= 0.6 is 11.3 Å². The van der Waals surface area contributed by atoms with Crippen molar-refractivity contribution in [2.45, 2.75) is 39.2 Å². The number of thiazole rings is 1. The Morgan fingerprint density at radius 1 is 0.971 bits per heavy atom. The van der Waals surface area contributed by atoms with Crippen molar-refractivity contribution in [2.75, 3.05) is 4.90 Å². The molecule has 176 valence electrons. The standard InChI is InChI=1S/C29H26N2O3S/c1-17-10-15-21-22(16-17)35-28(30-21)31-24(18-11-13-20(14-12-18)29(2,3)4)23(26(33)27(31)34)25(32)19-8-6-5-7-9-19/h5-16,24,32H,1-4H3/t24-/m1/s1. The van der Waals surface area contributed by atoms with E-state index in [2.05, 4.69) is 25.8 Å². The van der Waals surface area contributed by atoms with Crippen LogP contribution in [0.15, 0.2) is 78.4 Å². The first-order chi connectivity index (χ1) is 16.6. The predicted molar refractivity (Wildman–Crippen MR) is 141 cm³/mol. The summed E-state index contributed by atoms with van der Waals surface area (Å²) in [6, 6.07) is 21.9. The molecule has 1 atom stereocenters. The third-order valence-electron chi connectivity index (χ3n) is 6.32. The number of carbonyl (C=O) groups is 2. The zero-order valence-corrected chi connectivity index (χ0v) is 20.9. The van der Waals surface area contributed by atoms with Crippen LogP contribution in [0.1, 0.15) is 49.1 Å². The SMILES string of the molecule is Cc1ccc2nc(N3C(=O)C(=O)C(=C(O)c4ccccc4)[C@H]3c3ccc(C(C)(C)C)cc3)sc2c1. The third-order valence-corrected chi connectivity index (χ3v) is 7.34. The summed E-state index contributed by atoms with van der Waals surface area (Å²) in [5.41, 5.74) is 4.24. The van der Waals surface area contributed by atoms with Crippen LogP contribution in [0.3, 0.4) is 0 Å². The van der Waals surface area contributed by atoms with E-state index in [4.69, 9.17) is 0 Å². The van der Waals surface area contributed by atoms with Crippen molar-refractivity contribution in [1.82, 2.24) is 4.98 Å². The van der Waals surface area contributed by atoms with Gasteiger partial charge in [-0.2, -0.15) is 0 Å². The Labute approximate surface area is 208 Å². The summed E-state index contributed by atoms with van der Waals surface area (Å²) in [7, 11) is 0. The highest BCUT2D eigenvalue weighted by atomic mass is 32.1. The van der Waals surface area contributed by atoms with Crippen molar-refractivity contribution in [3.05, 3.63) is 101 Å². The number of fused-ring (bicyclic) bond motifs is 1. The Morgan fingerprint density at radius 2 is 1.66 bits per heavy atom. The minimum Gasteiger partial charge on any atom is -0.507 e. The maximum Gasteiger partial charge on any atom is 0.301 e. The zero-order chi connectivity index (χ0) is 24.9. The van der Waals surface area contributed by atoms with Crippen LogP contribution < -0.4 is 4.90 Å². The zero-order valence-electron chi connectivity index (χ0n) is 20.1. The maximum atomic E-state index is 13.4. The first kappa shape index (κ1) is 23.0. The molecule has 1 aliphatic rings. The van der Waals surface area contributed by atoms with E-state index in [-0.39, 0.29) is 16.7 Å². The van der Waals surface area contributed by atoms with Crippen molar-refractivity contribution in [1.29, 1.82) is 0 Å². The van der Waals surface area contributed by atoms with Crippen LogP contribution in [0.25, 0.3) is 16.0 Å². The van der Waals surface area contributed by atoms with Crippen LogP contribution in [-0.2, 0) is 15.0 Å². The van der Waals surface area contributed by atoms with Crippen molar-refractivity contribution in [3.8, 4) is 0 Å². The van der Waals surface area contributed by atoms with Crippen molar-refractivity contribution in [2.24, 2.45) is 0 Å². The van der Waals surface area contributed by atoms with Crippen LogP contribution in [-0.4, -0.2) is 21.8 Å². The molecule has 0 aliphatic carbocycles. The molecule has 0 spiro atoms. The minimum absolute atomic E-state index is 0.0464. The quantitative estimate of drug-likeness (QED) is 0.205. The van der Waals surface area contributed by atoms with Gasteiger partial charge in [0.05, 0.1) is 21.8 Å². The number of nitrogens with zero attached hydrogens (tertiary/aromatic N) is 2. The number of rotatable bonds is 3. The van der Waals surface area contributed by atoms with Crippen LogP contribution in [0.4, 0.5) is 5.13 Å². The number of aryl methyl sites for hydroxylation is 1. The number of aliphatic hydroxyl groups excluding tert-OH is 1. The highest BCUT2D eigenvalue weighted by molar-refractivity contribution is 7.22. The lowest BCUT2D eigenvalue weighted by atomic mass is 9.85. The highest BCUT2D eigenvalue weighted by Gasteiger charge is 2.48. The highest BCUT2D eigenvalue weighted by Crippen LogP contribution is 2.44. The fourth-order valence-corrected chi connectivity index (χ4v) is 5.48. The Morgan fingerprint density at radius 3 is 2.31 bits per heavy atom. The lowest BCUT2D eigenvalue weighted by Crippen LogP contribution is -2.29. The number of anilines is 1. The van der Waals surface area contributed by atoms with Gasteiger partial charge >= 0.3 is 5.91 Å². The molecule has 1 aromatic heterocycles. The summed E-state index contributed by atoms with van der Waals surface area (Å²) in [4.78, 5) is 32.9. The normalized spacial score (nSPS) is 17.9. The molecule has 5 rings (SSSR count). The molecule has 4 aromatic rings. The Hall–Kier alpha value is -3.77. The number of hydrogen-bond acceptors (Lipinski definition) is 5. The summed E-state index contributed by atoms with van der Waals surface area (Å²) in [5.74, 6) is -1.59. The number of ketones is 1. The topological polar surface area (TPSA) is 70.5 Å². The average molecular weight is 483 g/mol. The number of aromatic nitrogens is 1. The number of carbonyl (C=O) groups excluding carboxylic acids is 2. The first-order valence-electron chi connectivity index (χ1n) is 11.5. The fourth-order valence-electron chi connectivity index (χ4n) is 4.38. The first-order valence-corrected chi connectivity index (χ1v) is 12.3. The molecule has 1 N–H and O–H groups in total. The number of benzene rings is 3. The van der Waals surface area contributed by atoms with Gasteiger partial charge in [0.2, 0.25) is 0 Å². The fraction of sp³-hybridized carbons (Fsp3) is 0.207. The minimum atomic E-state index is -0.786. The van der Waals surface area contributed by atoms with E-state index in [0.29, 0.717) is 10.7 Å². The number of amides is 1.